The summed E-state index contributed by atoms with van der Waals surface area (Å²) in [6.07, 6.45) is 0. The van der Waals surface area contributed by atoms with E-state index in [9.17, 15) is 0 Å². The zero-order chi connectivity index (χ0) is 28.5. The fourth-order valence-corrected chi connectivity index (χ4v) is 10.5. The molecule has 44 heavy (non-hydrogen) atoms. The molecule has 2 aliphatic carbocycles. The summed E-state index contributed by atoms with van der Waals surface area (Å²) in [4.78, 5) is 2.83. The monoisotopic (exact) mass is 590 g/mol. The summed E-state index contributed by atoms with van der Waals surface area (Å²) in [5.41, 5.74) is 13.5. The van der Waals surface area contributed by atoms with Crippen LogP contribution in [0.4, 0.5) is 0 Å². The van der Waals surface area contributed by atoms with Gasteiger partial charge in [0.2, 0.25) is 0 Å². The lowest BCUT2D eigenvalue weighted by Crippen LogP contribution is -1.83. The van der Waals surface area contributed by atoms with Crippen LogP contribution < -0.4 is 0 Å². The number of hydrogen-bond acceptors (Lipinski definition) is 2. The third kappa shape index (κ3) is 2.88. The molecule has 0 unspecified atom stereocenters. The molecule has 0 atom stereocenters. The first-order valence-electron chi connectivity index (χ1n) is 15.1. The molecular weight excluding hydrogens is 569 g/mol. The first kappa shape index (κ1) is 23.4. The number of hydrogen-bond donors (Lipinski definition) is 0. The summed E-state index contributed by atoms with van der Waals surface area (Å²) in [5, 5.41) is 8.28. The Kier molecular flexibility index (Phi) is 4.44. The van der Waals surface area contributed by atoms with Gasteiger partial charge >= 0.3 is 0 Å². The molecule has 2 aromatic heterocycles. The SMILES string of the molecule is c1ccc(-c2ccc3c4c(cccc24)-c2c-3sc3cc4c5c(sc4cc23)-c2ccc(-c3ccccc3)c3cccc-5c23)cc1. The van der Waals surface area contributed by atoms with Crippen molar-refractivity contribution in [2.45, 2.75) is 0 Å². The highest BCUT2D eigenvalue weighted by Crippen LogP contribution is 2.59. The van der Waals surface area contributed by atoms with E-state index in [1.54, 1.807) is 0 Å². The standard InChI is InChI=1S/C42H22S2/c1-3-9-23(10-4-1)25-17-19-31-37-27(25)13-7-15-29(37)39-33-21-36-34(22-35(33)43-41(31)39)40-30-16-8-14-28-26(24-11-5-2-6-12-24)18-20-32(38(28)30)42(40)44-36/h1-22H. The fourth-order valence-electron chi connectivity index (χ4n) is 7.95. The summed E-state index contributed by atoms with van der Waals surface area (Å²) in [6, 6.07) is 49.7. The zero-order valence-corrected chi connectivity index (χ0v) is 25.2. The van der Waals surface area contributed by atoms with Crippen molar-refractivity contribution >= 4 is 64.4 Å². The van der Waals surface area contributed by atoms with Gasteiger partial charge in [0.05, 0.1) is 0 Å². The molecule has 0 spiro atoms. The van der Waals surface area contributed by atoms with Crippen LogP contribution in [0.5, 0.6) is 0 Å². The molecule has 2 heterocycles. The molecule has 0 saturated heterocycles. The molecule has 0 aliphatic heterocycles. The van der Waals surface area contributed by atoms with E-state index in [1.807, 2.05) is 22.7 Å². The average molecular weight is 591 g/mol. The Morgan fingerprint density at radius 3 is 1.20 bits per heavy atom. The molecule has 9 aromatic rings. The van der Waals surface area contributed by atoms with Gasteiger partial charge in [-0.15, -0.1) is 22.7 Å². The van der Waals surface area contributed by atoms with Crippen molar-refractivity contribution < 1.29 is 0 Å². The third-order valence-electron chi connectivity index (χ3n) is 9.78. The smallest absolute Gasteiger partial charge is 0.0440 e. The minimum Gasteiger partial charge on any atom is -0.134 e. The lowest BCUT2D eigenvalue weighted by atomic mass is 9.94. The zero-order valence-electron chi connectivity index (χ0n) is 23.5. The van der Waals surface area contributed by atoms with Crippen molar-refractivity contribution in [1.82, 2.24) is 0 Å². The topological polar surface area (TPSA) is 0 Å². The van der Waals surface area contributed by atoms with Crippen molar-refractivity contribution in [2.24, 2.45) is 0 Å². The Bertz CT molecular complexity index is 2500. The minimum atomic E-state index is 1.28. The summed E-state index contributed by atoms with van der Waals surface area (Å²) >= 11 is 3.92. The van der Waals surface area contributed by atoms with E-state index >= 15 is 0 Å². The van der Waals surface area contributed by atoms with E-state index < -0.39 is 0 Å². The lowest BCUT2D eigenvalue weighted by Gasteiger charge is -2.10. The first-order valence-corrected chi connectivity index (χ1v) is 16.7. The van der Waals surface area contributed by atoms with Gasteiger partial charge in [0.15, 0.2) is 0 Å². The molecule has 0 bridgehead atoms. The molecule has 0 nitrogen and oxygen atoms in total. The fraction of sp³-hybridized carbons (Fsp3) is 0. The number of rotatable bonds is 2. The van der Waals surface area contributed by atoms with Crippen molar-refractivity contribution in [1.29, 1.82) is 0 Å². The first-order chi connectivity index (χ1) is 21.8. The quantitative estimate of drug-likeness (QED) is 0.188. The maximum Gasteiger partial charge on any atom is 0.0440 e. The summed E-state index contributed by atoms with van der Waals surface area (Å²) in [6.45, 7) is 0. The van der Waals surface area contributed by atoms with Crippen LogP contribution in [0.25, 0.3) is 107 Å². The molecule has 0 N–H and O–H groups in total. The van der Waals surface area contributed by atoms with Gasteiger partial charge < -0.3 is 0 Å². The molecule has 2 heteroatoms. The Morgan fingerprint density at radius 2 is 0.750 bits per heavy atom. The Labute approximate surface area is 262 Å². The number of benzene rings is 7. The molecule has 0 saturated carbocycles. The Balaban J connectivity index is 1.13. The Hall–Kier alpha value is -5.02. The van der Waals surface area contributed by atoms with Crippen molar-refractivity contribution in [3.8, 4) is 65.4 Å². The van der Waals surface area contributed by atoms with E-state index in [0.29, 0.717) is 0 Å². The molecular formula is C42H22S2. The predicted octanol–water partition coefficient (Wildman–Crippen LogP) is 13.1. The van der Waals surface area contributed by atoms with Gasteiger partial charge in [0, 0.05) is 52.2 Å². The van der Waals surface area contributed by atoms with E-state index in [4.69, 9.17) is 0 Å². The van der Waals surface area contributed by atoms with Crippen LogP contribution in [0.1, 0.15) is 0 Å². The normalized spacial score (nSPS) is 12.5. The van der Waals surface area contributed by atoms with Gasteiger partial charge in [-0.25, -0.2) is 0 Å². The highest BCUT2D eigenvalue weighted by Gasteiger charge is 2.30. The van der Waals surface area contributed by atoms with E-state index in [-0.39, 0.29) is 0 Å². The summed E-state index contributed by atoms with van der Waals surface area (Å²) in [7, 11) is 0. The highest BCUT2D eigenvalue weighted by atomic mass is 32.1. The van der Waals surface area contributed by atoms with Crippen LogP contribution in [0, 0.1) is 0 Å². The van der Waals surface area contributed by atoms with Crippen LogP contribution in [-0.2, 0) is 0 Å². The average Bonchev–Trinajstić information content (AvgIpc) is 3.80. The van der Waals surface area contributed by atoms with Crippen molar-refractivity contribution in [3.63, 3.8) is 0 Å². The van der Waals surface area contributed by atoms with Crippen molar-refractivity contribution in [3.05, 3.63) is 133 Å². The van der Waals surface area contributed by atoms with E-state index in [2.05, 4.69) is 133 Å². The second-order valence-electron chi connectivity index (χ2n) is 12.0. The molecule has 11 rings (SSSR count). The van der Waals surface area contributed by atoms with E-state index in [1.165, 1.54) is 107 Å². The van der Waals surface area contributed by atoms with Crippen LogP contribution in [0.2, 0.25) is 0 Å². The lowest BCUT2D eigenvalue weighted by molar-refractivity contribution is 1.66. The van der Waals surface area contributed by atoms with E-state index in [0.717, 1.165) is 0 Å². The van der Waals surface area contributed by atoms with Gasteiger partial charge in [-0.3, -0.25) is 0 Å². The highest BCUT2D eigenvalue weighted by molar-refractivity contribution is 7.25. The molecule has 2 aliphatic rings. The van der Waals surface area contributed by atoms with Crippen LogP contribution in [0.15, 0.2) is 133 Å². The maximum absolute atomic E-state index is 2.49. The number of fused-ring (bicyclic) bond motifs is 10. The van der Waals surface area contributed by atoms with Crippen LogP contribution in [0.3, 0.4) is 0 Å². The predicted molar refractivity (Wildman–Crippen MR) is 192 cm³/mol. The Morgan fingerprint density at radius 1 is 0.318 bits per heavy atom. The van der Waals surface area contributed by atoms with Gasteiger partial charge in [0.1, 0.15) is 0 Å². The third-order valence-corrected chi connectivity index (χ3v) is 12.1. The second kappa shape index (κ2) is 8.33. The van der Waals surface area contributed by atoms with Crippen LogP contribution in [-0.4, -0.2) is 0 Å². The molecule has 0 fully saturated rings. The van der Waals surface area contributed by atoms with Crippen molar-refractivity contribution in [2.75, 3.05) is 0 Å². The summed E-state index contributed by atoms with van der Waals surface area (Å²) in [5.74, 6) is 0. The molecule has 7 aromatic carbocycles. The largest absolute Gasteiger partial charge is 0.134 e. The van der Waals surface area contributed by atoms with Gasteiger partial charge in [-0.05, 0) is 67.1 Å². The second-order valence-corrected chi connectivity index (χ2v) is 14.1. The van der Waals surface area contributed by atoms with Crippen LogP contribution >= 0.6 is 22.7 Å². The van der Waals surface area contributed by atoms with Gasteiger partial charge in [0.25, 0.3) is 0 Å². The molecule has 0 radical (unpaired) electrons. The summed E-state index contributed by atoms with van der Waals surface area (Å²) < 4.78 is 2.76. The maximum atomic E-state index is 2.49. The minimum absolute atomic E-state index is 1.28. The number of thiophene rings is 2. The van der Waals surface area contributed by atoms with Gasteiger partial charge in [-0.1, -0.05) is 121 Å². The van der Waals surface area contributed by atoms with Gasteiger partial charge in [-0.2, -0.15) is 0 Å². The molecule has 0 amide bonds. The molecule has 202 valence electrons.